The first kappa shape index (κ1) is 91.3. The van der Waals surface area contributed by atoms with Crippen molar-refractivity contribution in [2.45, 2.75) is 260 Å². The van der Waals surface area contributed by atoms with Gasteiger partial charge in [-0.2, -0.15) is 0 Å². The molecule has 5 fully saturated rings. The summed E-state index contributed by atoms with van der Waals surface area (Å²) >= 11 is 0. The molecule has 131 heavy (non-hydrogen) atoms. The molecule has 20 rings (SSSR count). The predicted molar refractivity (Wildman–Crippen MR) is 536 cm³/mol. The molecule has 0 radical (unpaired) electrons. The van der Waals surface area contributed by atoms with E-state index in [4.69, 9.17) is 32.9 Å². The van der Waals surface area contributed by atoms with Gasteiger partial charge in [0.2, 0.25) is 0 Å². The van der Waals surface area contributed by atoms with E-state index >= 15 is 0 Å². The third-order valence-corrected chi connectivity index (χ3v) is 29.8. The zero-order chi connectivity index (χ0) is 92.7. The maximum Gasteiger partial charge on any atom is 0.190 e. The first-order valence-corrected chi connectivity index (χ1v) is 46.6. The van der Waals surface area contributed by atoms with Gasteiger partial charge in [0.1, 0.15) is 0 Å². The van der Waals surface area contributed by atoms with Crippen LogP contribution in [0.15, 0.2) is 177 Å². The van der Waals surface area contributed by atoms with Gasteiger partial charge in [0.05, 0.1) is 57.3 Å². The van der Waals surface area contributed by atoms with Gasteiger partial charge < -0.3 is 48.6 Å². The smallest absolute Gasteiger partial charge is 0.190 e. The number of fused-ring (bicyclic) bond motifs is 5. The Morgan fingerprint density at radius 2 is 0.550 bits per heavy atom. The van der Waals surface area contributed by atoms with Crippen LogP contribution in [0.2, 0.25) is 0 Å². The van der Waals surface area contributed by atoms with Gasteiger partial charge in [-0.25, -0.2) is 24.2 Å². The summed E-state index contributed by atoms with van der Waals surface area (Å²) < 4.78 is 11.8. The van der Waals surface area contributed by atoms with E-state index in [2.05, 4.69) is 261 Å². The van der Waals surface area contributed by atoms with Gasteiger partial charge in [-0.3, -0.25) is 9.97 Å². The third-order valence-electron chi connectivity index (χ3n) is 29.8. The van der Waals surface area contributed by atoms with Crippen molar-refractivity contribution in [1.29, 1.82) is 0 Å². The fraction of sp³-hybridized carbons (Fsp3) is 0.360. The summed E-state index contributed by atoms with van der Waals surface area (Å²) in [6, 6.07) is 44.6. The highest BCUT2D eigenvalue weighted by atomic mass is 16.3. The molecule has 7 aromatic heterocycles. The number of nitrogens with one attached hydrogen (secondary N) is 1. The van der Waals surface area contributed by atoms with Crippen LogP contribution >= 0.6 is 0 Å². The molecular formula is C114H121N13O4. The lowest BCUT2D eigenvalue weighted by Crippen LogP contribution is -2.30. The van der Waals surface area contributed by atoms with Gasteiger partial charge in [0, 0.05) is 159 Å². The van der Waals surface area contributed by atoms with Gasteiger partial charge in [0.15, 0.2) is 28.4 Å². The van der Waals surface area contributed by atoms with Crippen molar-refractivity contribution in [3.63, 3.8) is 0 Å². The number of aliphatic hydroxyl groups is 4. The second-order valence-corrected chi connectivity index (χ2v) is 37.9. The summed E-state index contributed by atoms with van der Waals surface area (Å²) in [4.78, 5) is 27.3. The van der Waals surface area contributed by atoms with Gasteiger partial charge in [-0.15, -0.1) is 0 Å². The lowest BCUT2D eigenvalue weighted by molar-refractivity contribution is 0.178. The second-order valence-electron chi connectivity index (χ2n) is 37.9. The van der Waals surface area contributed by atoms with Crippen molar-refractivity contribution in [2.75, 3.05) is 7.05 Å². The van der Waals surface area contributed by atoms with E-state index in [9.17, 15) is 20.4 Å². The summed E-state index contributed by atoms with van der Waals surface area (Å²) in [5.74, 6) is 0. The van der Waals surface area contributed by atoms with Gasteiger partial charge in [0.25, 0.3) is 0 Å². The molecule has 5 N–H and O–H groups in total. The van der Waals surface area contributed by atoms with E-state index in [1.165, 1.54) is 126 Å². The molecule has 5 aliphatic carbocycles. The quantitative estimate of drug-likeness (QED) is 0.0804. The molecule has 0 saturated heterocycles. The minimum Gasteiger partial charge on any atom is -0.393 e. The Labute approximate surface area is 771 Å². The summed E-state index contributed by atoms with van der Waals surface area (Å²) in [6.45, 7) is 66.8. The molecule has 5 saturated carbocycles. The first-order valence-electron chi connectivity index (χ1n) is 46.6. The lowest BCUT2D eigenvalue weighted by Gasteiger charge is -2.29. The Morgan fingerprint density at radius 1 is 0.275 bits per heavy atom. The van der Waals surface area contributed by atoms with Crippen LogP contribution in [-0.2, 0) is 0 Å². The van der Waals surface area contributed by atoms with E-state index in [1.807, 2.05) is 82.8 Å². The summed E-state index contributed by atoms with van der Waals surface area (Å²) in [5.41, 5.74) is 37.8. The third kappa shape index (κ3) is 18.2. The van der Waals surface area contributed by atoms with Gasteiger partial charge in [-0.1, -0.05) is 60.7 Å². The van der Waals surface area contributed by atoms with Crippen molar-refractivity contribution in [3.05, 3.63) is 312 Å². The fourth-order valence-corrected chi connectivity index (χ4v) is 21.3. The zero-order valence-electron chi connectivity index (χ0n) is 78.5. The highest BCUT2D eigenvalue weighted by Crippen LogP contribution is 2.49. The maximum atomic E-state index is 10.0. The standard InChI is InChI=1S/C24H27N3.2C23H24N2O.2C22H23N3O/c1-16-6-5-7-21(17(16)2)23-15-27(20-11-8-18(25-3)9-12-20)24-13-10-19(26-4)14-22(23)24;2*1-14-6-5-7-19(16(14)3)21-13-25(17-8-9-18(26)11-17)23-10-15(2)22(24-4)12-20(21)23;2*1-13-7-22-18(9-21(13)23-4)20(19-11-24-10-14(2)15(19)3)12-25(22)16-5-6-17(26)8-16/h5-7,10,13-15,18,20,25H,8-9,11-12H2,1-3H3;2*5-7,10,12-13,17-18,26H,8-9,11H2,1-3H3;2*7,9-12,16-17,26H,5-6,8H2,1-3H3/t;17-,18+;17-,18-;16-,17+;16-,17-/m.1111/s1. The number of aliphatic hydroxyl groups excluding tert-OH is 4. The average Bonchev–Trinajstić information content (AvgIpc) is 1.62. The maximum absolute atomic E-state index is 10.0. The Bertz CT molecular complexity index is 6460. The predicted octanol–water partition coefficient (Wildman–Crippen LogP) is 28.5. The van der Waals surface area contributed by atoms with Crippen LogP contribution in [0.3, 0.4) is 0 Å². The normalized spacial score (nSPS) is 19.8. The van der Waals surface area contributed by atoms with Crippen molar-refractivity contribution in [1.82, 2.24) is 38.1 Å². The van der Waals surface area contributed by atoms with Crippen LogP contribution in [0, 0.1) is 130 Å². The Hall–Kier alpha value is -13.0. The molecule has 0 bridgehead atoms. The van der Waals surface area contributed by atoms with Crippen molar-refractivity contribution in [2.24, 2.45) is 0 Å². The molecule has 0 amide bonds. The second kappa shape index (κ2) is 38.6. The number of rotatable bonds is 11. The molecule has 17 heteroatoms. The van der Waals surface area contributed by atoms with Crippen molar-refractivity contribution < 1.29 is 20.4 Å². The number of hydrogen-bond donors (Lipinski definition) is 5. The highest BCUT2D eigenvalue weighted by Gasteiger charge is 2.33. The number of nitrogens with zero attached hydrogens (tertiary/aromatic N) is 12. The van der Waals surface area contributed by atoms with Gasteiger partial charge in [-0.05, 0) is 389 Å². The fourth-order valence-electron chi connectivity index (χ4n) is 21.3. The van der Waals surface area contributed by atoms with E-state index in [0.717, 1.165) is 165 Å². The molecule has 5 aliphatic rings. The SMILES string of the molecule is [C-]#[N+]c1cc2c(-c3cccc(C)c3C)cn([C@@H]3CC[C@@H](O)C3)c2cc1C.[C-]#[N+]c1cc2c(-c3cccc(C)c3C)cn([C@@H]3CC[C@H](O)C3)c2cc1C.[C-]#[N+]c1cc2c(-c3cncc(C)c3C)cn([C@@H]3CC[C@@H](O)C3)c2cc1C.[C-]#[N+]c1cc2c(-c3cncc(C)c3C)cn([C@@H]3CC[C@H](O)C3)c2cc1C.[C-]#[N+]c1ccc2c(c1)c(-c1cccc(C)c1C)cn2C1CCC(NC)CC1. The summed E-state index contributed by atoms with van der Waals surface area (Å²) in [5, 5.41) is 49.2. The van der Waals surface area contributed by atoms with Crippen LogP contribution < -0.4 is 5.32 Å². The summed E-state index contributed by atoms with van der Waals surface area (Å²) in [7, 11) is 2.07. The van der Waals surface area contributed by atoms with E-state index in [0.29, 0.717) is 64.7 Å². The molecule has 8 atom stereocenters. The topological polar surface area (TPSA) is 165 Å². The Kier molecular flexibility index (Phi) is 26.9. The van der Waals surface area contributed by atoms with E-state index in [-0.39, 0.29) is 24.4 Å². The molecule has 8 aromatic carbocycles. The number of hydrogen-bond acceptors (Lipinski definition) is 7. The number of benzene rings is 8. The van der Waals surface area contributed by atoms with Crippen molar-refractivity contribution >= 4 is 83.0 Å². The number of aryl methyl sites for hydroxylation is 9. The monoisotopic (exact) mass is 1740 g/mol. The lowest BCUT2D eigenvalue weighted by atomic mass is 9.91. The highest BCUT2D eigenvalue weighted by molar-refractivity contribution is 6.04. The Morgan fingerprint density at radius 3 is 0.824 bits per heavy atom. The van der Waals surface area contributed by atoms with Crippen molar-refractivity contribution in [3.8, 4) is 55.6 Å². The first-order chi connectivity index (χ1) is 63.1. The van der Waals surface area contributed by atoms with Crippen LogP contribution in [0.25, 0.3) is 134 Å². The molecule has 0 spiro atoms. The molecular weight excluding hydrogens is 1620 g/mol. The molecule has 0 unspecified atom stereocenters. The van der Waals surface area contributed by atoms with Crippen LogP contribution in [0.4, 0.5) is 28.4 Å². The van der Waals surface area contributed by atoms with E-state index in [1.54, 1.807) is 0 Å². The molecule has 0 aliphatic heterocycles. The number of pyridine rings is 2. The molecule has 15 aromatic rings. The minimum atomic E-state index is -0.216. The van der Waals surface area contributed by atoms with Gasteiger partial charge >= 0.3 is 0 Å². The Balaban J connectivity index is 0.000000120. The average molecular weight is 1740 g/mol. The van der Waals surface area contributed by atoms with E-state index < -0.39 is 0 Å². The molecule has 7 heterocycles. The molecule has 17 nitrogen and oxygen atoms in total. The largest absolute Gasteiger partial charge is 0.393 e. The summed E-state index contributed by atoms with van der Waals surface area (Å²) in [6.07, 6.45) is 33.4. The van der Waals surface area contributed by atoms with Crippen LogP contribution in [0.5, 0.6) is 0 Å². The zero-order valence-corrected chi connectivity index (χ0v) is 78.5. The van der Waals surface area contributed by atoms with Crippen LogP contribution in [0.1, 0.15) is 211 Å². The number of aromatic nitrogens is 7. The molecule has 666 valence electrons. The van der Waals surface area contributed by atoms with Crippen LogP contribution in [-0.4, -0.2) is 90.7 Å². The minimum absolute atomic E-state index is 0.204.